The summed E-state index contributed by atoms with van der Waals surface area (Å²) in [6, 6.07) is 0. The molecule has 6 heteroatoms. The molecule has 1 atom stereocenters. The SMILES string of the molecule is CCC1(C(=O)N(C)CCC(F)(F)F)CCNC1. The normalized spacial score (nSPS) is 25.0. The summed E-state index contributed by atoms with van der Waals surface area (Å²) in [5, 5.41) is 3.10. The Bertz CT molecular complexity index is 272. The second-order valence-corrected chi connectivity index (χ2v) is 4.65. The fraction of sp³-hybridized carbons (Fsp3) is 0.909. The molecule has 100 valence electrons. The van der Waals surface area contributed by atoms with Crippen molar-refractivity contribution >= 4 is 5.91 Å². The van der Waals surface area contributed by atoms with Gasteiger partial charge in [-0.05, 0) is 19.4 Å². The van der Waals surface area contributed by atoms with Crippen LogP contribution in [0.25, 0.3) is 0 Å². The molecule has 1 aliphatic heterocycles. The highest BCUT2D eigenvalue weighted by Crippen LogP contribution is 2.32. The maximum Gasteiger partial charge on any atom is 0.390 e. The molecular formula is C11H19F3N2O. The number of alkyl halides is 3. The van der Waals surface area contributed by atoms with Gasteiger partial charge in [0, 0.05) is 20.1 Å². The molecule has 1 rings (SSSR count). The van der Waals surface area contributed by atoms with E-state index in [1.54, 1.807) is 0 Å². The van der Waals surface area contributed by atoms with Crippen LogP contribution in [0.4, 0.5) is 13.2 Å². The van der Waals surface area contributed by atoms with Crippen LogP contribution in [-0.4, -0.2) is 43.7 Å². The minimum atomic E-state index is -4.21. The molecule has 1 saturated heterocycles. The Morgan fingerprint density at radius 2 is 2.12 bits per heavy atom. The number of halogens is 3. The predicted molar refractivity (Wildman–Crippen MR) is 58.5 cm³/mol. The summed E-state index contributed by atoms with van der Waals surface area (Å²) < 4.78 is 36.3. The Balaban J connectivity index is 2.56. The van der Waals surface area contributed by atoms with Crippen molar-refractivity contribution < 1.29 is 18.0 Å². The van der Waals surface area contributed by atoms with Crippen LogP contribution >= 0.6 is 0 Å². The van der Waals surface area contributed by atoms with Crippen LogP contribution in [0, 0.1) is 5.41 Å². The standard InChI is InChI=1S/C11H19F3N2O/c1-3-10(4-6-15-8-10)9(17)16(2)7-5-11(12,13)14/h15H,3-8H2,1-2H3. The fourth-order valence-corrected chi connectivity index (χ4v) is 2.18. The minimum absolute atomic E-state index is 0.172. The zero-order valence-corrected chi connectivity index (χ0v) is 10.2. The summed E-state index contributed by atoms with van der Waals surface area (Å²) in [7, 11) is 1.45. The van der Waals surface area contributed by atoms with Crippen LogP contribution in [-0.2, 0) is 4.79 Å². The Morgan fingerprint density at radius 3 is 2.53 bits per heavy atom. The molecule has 1 fully saturated rings. The molecule has 0 aliphatic carbocycles. The van der Waals surface area contributed by atoms with Crippen LogP contribution < -0.4 is 5.32 Å². The lowest BCUT2D eigenvalue weighted by atomic mass is 9.83. The van der Waals surface area contributed by atoms with Crippen molar-refractivity contribution in [3.05, 3.63) is 0 Å². The van der Waals surface area contributed by atoms with E-state index in [9.17, 15) is 18.0 Å². The lowest BCUT2D eigenvalue weighted by Crippen LogP contribution is -2.44. The van der Waals surface area contributed by atoms with Gasteiger partial charge >= 0.3 is 6.18 Å². The summed E-state index contributed by atoms with van der Waals surface area (Å²) in [6.45, 7) is 2.97. The van der Waals surface area contributed by atoms with E-state index in [0.29, 0.717) is 19.4 Å². The molecule has 0 aromatic carbocycles. The number of hydrogen-bond donors (Lipinski definition) is 1. The summed E-state index contributed by atoms with van der Waals surface area (Å²) in [5.41, 5.74) is -0.500. The first kappa shape index (κ1) is 14.3. The Labute approximate surface area is 99.4 Å². The van der Waals surface area contributed by atoms with Crippen molar-refractivity contribution in [2.45, 2.75) is 32.4 Å². The van der Waals surface area contributed by atoms with E-state index in [2.05, 4.69) is 5.32 Å². The molecular weight excluding hydrogens is 233 g/mol. The zero-order chi connectivity index (χ0) is 13.1. The maximum atomic E-state index is 12.1. The topological polar surface area (TPSA) is 32.3 Å². The lowest BCUT2D eigenvalue weighted by Gasteiger charge is -2.31. The summed E-state index contributed by atoms with van der Waals surface area (Å²) in [4.78, 5) is 13.3. The van der Waals surface area contributed by atoms with E-state index in [4.69, 9.17) is 0 Å². The first-order valence-corrected chi connectivity index (χ1v) is 5.84. The molecule has 0 bridgehead atoms. The van der Waals surface area contributed by atoms with Gasteiger partial charge in [-0.3, -0.25) is 4.79 Å². The smallest absolute Gasteiger partial charge is 0.345 e. The zero-order valence-electron chi connectivity index (χ0n) is 10.2. The van der Waals surface area contributed by atoms with Crippen LogP contribution in [0.15, 0.2) is 0 Å². The third-order valence-corrected chi connectivity index (χ3v) is 3.45. The van der Waals surface area contributed by atoms with Crippen molar-refractivity contribution in [2.75, 3.05) is 26.7 Å². The largest absolute Gasteiger partial charge is 0.390 e. The summed E-state index contributed by atoms with van der Waals surface area (Å²) >= 11 is 0. The number of nitrogens with one attached hydrogen (secondary N) is 1. The second kappa shape index (κ2) is 5.25. The highest BCUT2D eigenvalue weighted by molar-refractivity contribution is 5.83. The molecule has 1 heterocycles. The van der Waals surface area contributed by atoms with E-state index >= 15 is 0 Å². The number of amides is 1. The number of nitrogens with zero attached hydrogens (tertiary/aromatic N) is 1. The number of rotatable bonds is 4. The van der Waals surface area contributed by atoms with Crippen molar-refractivity contribution in [2.24, 2.45) is 5.41 Å². The third kappa shape index (κ3) is 3.59. The minimum Gasteiger partial charge on any atom is -0.345 e. The van der Waals surface area contributed by atoms with Crippen LogP contribution in [0.1, 0.15) is 26.2 Å². The first-order valence-electron chi connectivity index (χ1n) is 5.84. The van der Waals surface area contributed by atoms with Gasteiger partial charge < -0.3 is 10.2 Å². The van der Waals surface area contributed by atoms with E-state index in [1.807, 2.05) is 6.92 Å². The maximum absolute atomic E-state index is 12.1. The monoisotopic (exact) mass is 252 g/mol. The summed E-state index contributed by atoms with van der Waals surface area (Å²) in [6.07, 6.45) is -3.78. The molecule has 1 amide bonds. The van der Waals surface area contributed by atoms with Gasteiger partial charge in [0.2, 0.25) is 5.91 Å². The van der Waals surface area contributed by atoms with Gasteiger partial charge in [0.05, 0.1) is 11.8 Å². The quantitative estimate of drug-likeness (QED) is 0.827. The average Bonchev–Trinajstić information content (AvgIpc) is 2.73. The van der Waals surface area contributed by atoms with E-state index in [1.165, 1.54) is 11.9 Å². The highest BCUT2D eigenvalue weighted by Gasteiger charge is 2.41. The molecule has 1 unspecified atom stereocenters. The van der Waals surface area contributed by atoms with Gasteiger partial charge in [-0.2, -0.15) is 13.2 Å². The molecule has 0 aromatic rings. The van der Waals surface area contributed by atoms with Crippen molar-refractivity contribution in [1.82, 2.24) is 10.2 Å². The second-order valence-electron chi connectivity index (χ2n) is 4.65. The third-order valence-electron chi connectivity index (χ3n) is 3.45. The number of carbonyl (C=O) groups is 1. The van der Waals surface area contributed by atoms with E-state index < -0.39 is 18.0 Å². The Hall–Kier alpha value is -0.780. The molecule has 0 spiro atoms. The Kier molecular flexibility index (Phi) is 4.41. The molecule has 0 saturated carbocycles. The Morgan fingerprint density at radius 1 is 1.47 bits per heavy atom. The van der Waals surface area contributed by atoms with Gasteiger partial charge in [0.25, 0.3) is 0 Å². The molecule has 0 radical (unpaired) electrons. The molecule has 3 nitrogen and oxygen atoms in total. The van der Waals surface area contributed by atoms with Gasteiger partial charge in [-0.1, -0.05) is 6.92 Å². The van der Waals surface area contributed by atoms with Gasteiger partial charge in [-0.25, -0.2) is 0 Å². The highest BCUT2D eigenvalue weighted by atomic mass is 19.4. The first-order chi connectivity index (χ1) is 7.81. The fourth-order valence-electron chi connectivity index (χ4n) is 2.18. The van der Waals surface area contributed by atoms with Crippen molar-refractivity contribution in [3.8, 4) is 0 Å². The van der Waals surface area contributed by atoms with Gasteiger partial charge in [0.15, 0.2) is 0 Å². The molecule has 1 aliphatic rings. The molecule has 17 heavy (non-hydrogen) atoms. The average molecular weight is 252 g/mol. The summed E-state index contributed by atoms with van der Waals surface area (Å²) in [5.74, 6) is -0.172. The van der Waals surface area contributed by atoms with E-state index in [-0.39, 0.29) is 12.5 Å². The van der Waals surface area contributed by atoms with E-state index in [0.717, 1.165) is 6.54 Å². The molecule has 0 aromatic heterocycles. The van der Waals surface area contributed by atoms with Crippen LogP contribution in [0.5, 0.6) is 0 Å². The number of hydrogen-bond acceptors (Lipinski definition) is 2. The van der Waals surface area contributed by atoms with Crippen molar-refractivity contribution in [3.63, 3.8) is 0 Å². The number of carbonyl (C=O) groups excluding carboxylic acids is 1. The molecule has 1 N–H and O–H groups in total. The van der Waals surface area contributed by atoms with Gasteiger partial charge in [0.1, 0.15) is 0 Å². The predicted octanol–water partition coefficient (Wildman–Crippen LogP) is 1.79. The lowest BCUT2D eigenvalue weighted by molar-refractivity contribution is -0.149. The van der Waals surface area contributed by atoms with Gasteiger partial charge in [-0.15, -0.1) is 0 Å². The van der Waals surface area contributed by atoms with Crippen LogP contribution in [0.3, 0.4) is 0 Å². The van der Waals surface area contributed by atoms with Crippen LogP contribution in [0.2, 0.25) is 0 Å². The van der Waals surface area contributed by atoms with Crippen molar-refractivity contribution in [1.29, 1.82) is 0 Å².